The molecule has 152 valence electrons. The van der Waals surface area contributed by atoms with Crippen LogP contribution in [0.15, 0.2) is 55.1 Å². The summed E-state index contributed by atoms with van der Waals surface area (Å²) in [6, 6.07) is 14.2. The van der Waals surface area contributed by atoms with E-state index in [9.17, 15) is 4.79 Å². The normalized spacial score (nSPS) is 20.7. The maximum Gasteiger partial charge on any atom is 0.251 e. The van der Waals surface area contributed by atoms with Crippen molar-refractivity contribution in [3.05, 3.63) is 77.4 Å². The summed E-state index contributed by atoms with van der Waals surface area (Å²) in [5.74, 6) is 0.756. The Morgan fingerprint density at radius 2 is 2.03 bits per heavy atom. The van der Waals surface area contributed by atoms with Gasteiger partial charge in [0.05, 0.1) is 6.10 Å². The molecule has 0 bridgehead atoms. The van der Waals surface area contributed by atoms with E-state index in [1.165, 1.54) is 16.7 Å². The first kappa shape index (κ1) is 19.7. The number of rotatable bonds is 7. The van der Waals surface area contributed by atoms with Crippen molar-refractivity contribution in [1.29, 1.82) is 0 Å². The Morgan fingerprint density at radius 3 is 2.79 bits per heavy atom. The van der Waals surface area contributed by atoms with Gasteiger partial charge in [0.1, 0.15) is 12.4 Å². The minimum atomic E-state index is -0.0209. The molecule has 0 aromatic heterocycles. The van der Waals surface area contributed by atoms with Crippen LogP contribution < -0.4 is 10.1 Å². The highest BCUT2D eigenvalue weighted by Gasteiger charge is 2.21. The van der Waals surface area contributed by atoms with E-state index < -0.39 is 0 Å². The van der Waals surface area contributed by atoms with Gasteiger partial charge >= 0.3 is 0 Å². The predicted molar refractivity (Wildman–Crippen MR) is 115 cm³/mol. The number of allylic oxidation sites excluding steroid dienone is 1. The molecule has 1 amide bonds. The van der Waals surface area contributed by atoms with E-state index in [4.69, 9.17) is 9.47 Å². The third-order valence-electron chi connectivity index (χ3n) is 5.79. The van der Waals surface area contributed by atoms with Gasteiger partial charge in [-0.2, -0.15) is 0 Å². The monoisotopic (exact) mass is 391 g/mol. The molecule has 1 aliphatic heterocycles. The van der Waals surface area contributed by atoms with Gasteiger partial charge in [0.2, 0.25) is 0 Å². The topological polar surface area (TPSA) is 47.6 Å². The zero-order valence-corrected chi connectivity index (χ0v) is 16.9. The molecule has 2 aliphatic rings. The molecule has 1 fully saturated rings. The van der Waals surface area contributed by atoms with Crippen molar-refractivity contribution in [2.24, 2.45) is 0 Å². The van der Waals surface area contributed by atoms with Gasteiger partial charge in [0.15, 0.2) is 0 Å². The van der Waals surface area contributed by atoms with Gasteiger partial charge in [-0.1, -0.05) is 24.3 Å². The van der Waals surface area contributed by atoms with Crippen LogP contribution in [0.1, 0.15) is 46.3 Å². The Kier molecular flexibility index (Phi) is 6.30. The highest BCUT2D eigenvalue weighted by atomic mass is 16.5. The molecule has 1 saturated heterocycles. The average molecular weight is 392 g/mol. The van der Waals surface area contributed by atoms with Crippen LogP contribution in [0, 0.1) is 0 Å². The molecule has 2 atom stereocenters. The van der Waals surface area contributed by atoms with Crippen LogP contribution in [0.25, 0.3) is 0 Å². The minimum Gasteiger partial charge on any atom is -0.491 e. The van der Waals surface area contributed by atoms with E-state index in [0.717, 1.165) is 50.9 Å². The maximum absolute atomic E-state index is 12.7. The summed E-state index contributed by atoms with van der Waals surface area (Å²) in [5, 5.41) is 3.20. The van der Waals surface area contributed by atoms with Crippen molar-refractivity contribution < 1.29 is 14.3 Å². The Morgan fingerprint density at radius 1 is 1.17 bits per heavy atom. The second-order valence-electron chi connectivity index (χ2n) is 7.98. The van der Waals surface area contributed by atoms with Crippen LogP contribution in [-0.2, 0) is 24.0 Å². The number of amides is 1. The number of ether oxygens (including phenoxy) is 2. The second kappa shape index (κ2) is 9.27. The quantitative estimate of drug-likeness (QED) is 0.718. The van der Waals surface area contributed by atoms with Crippen molar-refractivity contribution in [3.63, 3.8) is 0 Å². The fourth-order valence-corrected chi connectivity index (χ4v) is 4.16. The molecule has 0 radical (unpaired) electrons. The van der Waals surface area contributed by atoms with Crippen molar-refractivity contribution in [3.8, 4) is 5.75 Å². The average Bonchev–Trinajstić information content (AvgIpc) is 3.27. The number of hydrogen-bond donors (Lipinski definition) is 1. The van der Waals surface area contributed by atoms with E-state index in [0.29, 0.717) is 12.2 Å². The summed E-state index contributed by atoms with van der Waals surface area (Å²) in [5.41, 5.74) is 4.72. The zero-order valence-electron chi connectivity index (χ0n) is 16.9. The largest absolute Gasteiger partial charge is 0.491 e. The van der Waals surface area contributed by atoms with Gasteiger partial charge in [-0.05, 0) is 79.5 Å². The number of nitrogens with one attached hydrogen (secondary N) is 1. The third-order valence-corrected chi connectivity index (χ3v) is 5.79. The number of aryl methyl sites for hydroxylation is 1. The molecular formula is C25H29NO3. The van der Waals surface area contributed by atoms with Crippen LogP contribution >= 0.6 is 0 Å². The van der Waals surface area contributed by atoms with E-state index >= 15 is 0 Å². The van der Waals surface area contributed by atoms with Crippen molar-refractivity contribution in [1.82, 2.24) is 5.32 Å². The van der Waals surface area contributed by atoms with Gasteiger partial charge in [0.25, 0.3) is 5.91 Å². The number of benzene rings is 2. The number of carbonyl (C=O) groups excluding carboxylic acids is 1. The first-order valence-corrected chi connectivity index (χ1v) is 10.6. The fourth-order valence-electron chi connectivity index (χ4n) is 4.16. The van der Waals surface area contributed by atoms with Crippen LogP contribution in [0.5, 0.6) is 5.75 Å². The first-order chi connectivity index (χ1) is 14.2. The summed E-state index contributed by atoms with van der Waals surface area (Å²) in [6.45, 7) is 5.21. The Balaban J connectivity index is 1.30. The second-order valence-corrected chi connectivity index (χ2v) is 7.98. The highest BCUT2D eigenvalue weighted by Crippen LogP contribution is 2.24. The molecule has 2 unspecified atom stereocenters. The molecule has 29 heavy (non-hydrogen) atoms. The van der Waals surface area contributed by atoms with Gasteiger partial charge < -0.3 is 14.8 Å². The molecular weight excluding hydrogens is 362 g/mol. The van der Waals surface area contributed by atoms with E-state index in [-0.39, 0.29) is 18.1 Å². The number of fused-ring (bicyclic) bond motifs is 1. The predicted octanol–water partition coefficient (Wildman–Crippen LogP) is 4.26. The standard InChI is InChI=1S/C25H29NO3/c1-2-4-18-6-7-21-16-22(11-8-20(21)15-18)26-25(27)19-9-12-23(13-10-19)29-17-24-5-3-14-28-24/h2,6-7,9-10,12-13,15,22,24H,1,3-5,8,11,14,16-17H2,(H,26,27). The van der Waals surface area contributed by atoms with Gasteiger partial charge in [-0.25, -0.2) is 0 Å². The van der Waals surface area contributed by atoms with E-state index in [1.807, 2.05) is 30.3 Å². The van der Waals surface area contributed by atoms with Gasteiger partial charge in [-0.15, -0.1) is 6.58 Å². The summed E-state index contributed by atoms with van der Waals surface area (Å²) >= 11 is 0. The molecule has 1 N–H and O–H groups in total. The van der Waals surface area contributed by atoms with Crippen LogP contribution in [0.2, 0.25) is 0 Å². The Bertz CT molecular complexity index is 853. The molecule has 2 aromatic rings. The Hall–Kier alpha value is -2.59. The lowest BCUT2D eigenvalue weighted by Gasteiger charge is -2.26. The summed E-state index contributed by atoms with van der Waals surface area (Å²) in [6.07, 6.45) is 8.06. The maximum atomic E-state index is 12.7. The van der Waals surface area contributed by atoms with Gasteiger partial charge in [-0.3, -0.25) is 4.79 Å². The van der Waals surface area contributed by atoms with Crippen LogP contribution in [0.4, 0.5) is 0 Å². The molecule has 4 nitrogen and oxygen atoms in total. The van der Waals surface area contributed by atoms with E-state index in [2.05, 4.69) is 30.1 Å². The highest BCUT2D eigenvalue weighted by molar-refractivity contribution is 5.94. The number of hydrogen-bond acceptors (Lipinski definition) is 3. The molecule has 1 heterocycles. The lowest BCUT2D eigenvalue weighted by molar-refractivity contribution is 0.0679. The van der Waals surface area contributed by atoms with Gasteiger partial charge in [0, 0.05) is 18.2 Å². The minimum absolute atomic E-state index is 0.0209. The first-order valence-electron chi connectivity index (χ1n) is 10.6. The molecule has 0 saturated carbocycles. The Labute approximate surface area is 172 Å². The fraction of sp³-hybridized carbons (Fsp3) is 0.400. The third kappa shape index (κ3) is 5.07. The SMILES string of the molecule is C=CCc1ccc2c(c1)CCC(NC(=O)c1ccc(OCC3CCCO3)cc1)C2. The van der Waals surface area contributed by atoms with E-state index in [1.54, 1.807) is 0 Å². The smallest absolute Gasteiger partial charge is 0.251 e. The summed E-state index contributed by atoms with van der Waals surface area (Å²) in [4.78, 5) is 12.7. The molecule has 4 rings (SSSR count). The van der Waals surface area contributed by atoms with Crippen LogP contribution in [-0.4, -0.2) is 31.3 Å². The van der Waals surface area contributed by atoms with Crippen molar-refractivity contribution >= 4 is 5.91 Å². The molecule has 4 heteroatoms. The van der Waals surface area contributed by atoms with Crippen molar-refractivity contribution in [2.75, 3.05) is 13.2 Å². The lowest BCUT2D eigenvalue weighted by atomic mass is 9.86. The van der Waals surface area contributed by atoms with Crippen molar-refractivity contribution in [2.45, 2.75) is 50.7 Å². The summed E-state index contributed by atoms with van der Waals surface area (Å²) < 4.78 is 11.3. The molecule has 0 spiro atoms. The molecule has 2 aromatic carbocycles. The zero-order chi connectivity index (χ0) is 20.1. The molecule has 1 aliphatic carbocycles. The summed E-state index contributed by atoms with van der Waals surface area (Å²) in [7, 11) is 0. The van der Waals surface area contributed by atoms with Crippen LogP contribution in [0.3, 0.4) is 0 Å². The number of carbonyl (C=O) groups is 1. The lowest BCUT2D eigenvalue weighted by Crippen LogP contribution is -2.38.